The third-order valence-corrected chi connectivity index (χ3v) is 3.12. The second-order valence-corrected chi connectivity index (χ2v) is 5.30. The van der Waals surface area contributed by atoms with Crippen LogP contribution in [0.4, 0.5) is 5.69 Å². The molecule has 0 aliphatic carbocycles. The highest BCUT2D eigenvalue weighted by Crippen LogP contribution is 2.23. The van der Waals surface area contributed by atoms with Gasteiger partial charge in [0, 0.05) is 22.8 Å². The fourth-order valence-electron chi connectivity index (χ4n) is 1.27. The Morgan fingerprint density at radius 1 is 1.53 bits per heavy atom. The lowest BCUT2D eigenvalue weighted by atomic mass is 10.2. The van der Waals surface area contributed by atoms with Crippen molar-refractivity contribution in [2.24, 2.45) is 0 Å². The van der Waals surface area contributed by atoms with Crippen molar-refractivity contribution in [2.45, 2.75) is 5.75 Å². The zero-order valence-corrected chi connectivity index (χ0v) is 11.2. The van der Waals surface area contributed by atoms with Crippen LogP contribution in [0.2, 0.25) is 5.02 Å². The highest BCUT2D eigenvalue weighted by molar-refractivity contribution is 7.83. The summed E-state index contributed by atoms with van der Waals surface area (Å²) in [5, 5.41) is 3.39. The number of ether oxygens (including phenoxy) is 1. The van der Waals surface area contributed by atoms with Gasteiger partial charge in [-0.05, 0) is 17.7 Å². The third-order valence-electron chi connectivity index (χ3n) is 2.05. The predicted octanol–water partition coefficient (Wildman–Crippen LogP) is 1.80. The number of halogens is 1. The summed E-state index contributed by atoms with van der Waals surface area (Å²) in [6.07, 6.45) is 1.64. The fraction of sp³-hybridized carbons (Fsp3) is 0.364. The Balaban J connectivity index is 2.76. The van der Waals surface area contributed by atoms with Gasteiger partial charge in [0.2, 0.25) is 0 Å². The zero-order chi connectivity index (χ0) is 12.8. The lowest BCUT2D eigenvalue weighted by Gasteiger charge is -2.09. The first-order valence-corrected chi connectivity index (χ1v) is 7.02. The number of esters is 1. The number of benzene rings is 1. The molecule has 0 aliphatic heterocycles. The minimum atomic E-state index is -0.908. The predicted molar refractivity (Wildman–Crippen MR) is 69.7 cm³/mol. The first-order valence-electron chi connectivity index (χ1n) is 4.92. The summed E-state index contributed by atoms with van der Waals surface area (Å²) < 4.78 is 15.6. The molecular formula is C11H14ClNO3S. The van der Waals surface area contributed by atoms with Crippen LogP contribution < -0.4 is 5.32 Å². The first kappa shape index (κ1) is 14.0. The number of carbonyl (C=O) groups excluding carboxylic acids is 1. The van der Waals surface area contributed by atoms with Gasteiger partial charge in [0.1, 0.15) is 6.54 Å². The van der Waals surface area contributed by atoms with Crippen molar-refractivity contribution in [1.29, 1.82) is 0 Å². The SMILES string of the molecule is COC(=O)CNc1cc(CS(C)=O)ccc1Cl. The number of carbonyl (C=O) groups is 1. The van der Waals surface area contributed by atoms with E-state index in [1.54, 1.807) is 18.4 Å². The lowest BCUT2D eigenvalue weighted by Crippen LogP contribution is -2.15. The summed E-state index contributed by atoms with van der Waals surface area (Å²) >= 11 is 5.97. The molecule has 6 heteroatoms. The molecule has 1 unspecified atom stereocenters. The van der Waals surface area contributed by atoms with Crippen LogP contribution in [-0.2, 0) is 26.1 Å². The highest BCUT2D eigenvalue weighted by atomic mass is 35.5. The van der Waals surface area contributed by atoms with Crippen LogP contribution in [0.5, 0.6) is 0 Å². The second kappa shape index (κ2) is 6.61. The van der Waals surface area contributed by atoms with Crippen molar-refractivity contribution in [3.8, 4) is 0 Å². The van der Waals surface area contributed by atoms with E-state index in [0.29, 0.717) is 16.5 Å². The Labute approximate surface area is 108 Å². The topological polar surface area (TPSA) is 55.4 Å². The maximum absolute atomic E-state index is 11.1. The Hall–Kier alpha value is -1.07. The minimum absolute atomic E-state index is 0.0505. The van der Waals surface area contributed by atoms with Crippen molar-refractivity contribution in [1.82, 2.24) is 0 Å². The molecule has 1 aromatic rings. The van der Waals surface area contributed by atoms with Gasteiger partial charge in [0.05, 0.1) is 17.8 Å². The van der Waals surface area contributed by atoms with Gasteiger partial charge in [-0.2, -0.15) is 0 Å². The van der Waals surface area contributed by atoms with Gasteiger partial charge in [-0.1, -0.05) is 17.7 Å². The van der Waals surface area contributed by atoms with Crippen molar-refractivity contribution < 1.29 is 13.7 Å². The summed E-state index contributed by atoms with van der Waals surface area (Å²) in [6.45, 7) is 0.0505. The number of methoxy groups -OCH3 is 1. The molecule has 0 fully saturated rings. The third kappa shape index (κ3) is 4.75. The number of anilines is 1. The normalized spacial score (nSPS) is 11.9. The van der Waals surface area contributed by atoms with Crippen molar-refractivity contribution >= 4 is 34.1 Å². The van der Waals surface area contributed by atoms with E-state index in [9.17, 15) is 9.00 Å². The number of nitrogens with one attached hydrogen (secondary N) is 1. The number of rotatable bonds is 5. The van der Waals surface area contributed by atoms with Gasteiger partial charge in [-0.15, -0.1) is 0 Å². The summed E-state index contributed by atoms with van der Waals surface area (Å²) in [7, 11) is 0.413. The van der Waals surface area contributed by atoms with E-state index < -0.39 is 10.8 Å². The molecule has 4 nitrogen and oxygen atoms in total. The van der Waals surface area contributed by atoms with Crippen molar-refractivity contribution in [2.75, 3.05) is 25.2 Å². The quantitative estimate of drug-likeness (QED) is 0.833. The summed E-state index contributed by atoms with van der Waals surface area (Å²) in [4.78, 5) is 11.0. The van der Waals surface area contributed by atoms with E-state index in [0.717, 1.165) is 5.56 Å². The minimum Gasteiger partial charge on any atom is -0.468 e. The summed E-state index contributed by atoms with van der Waals surface area (Å²) in [5.41, 5.74) is 1.54. The monoisotopic (exact) mass is 275 g/mol. The Kier molecular flexibility index (Phi) is 5.44. The van der Waals surface area contributed by atoms with Gasteiger partial charge in [-0.3, -0.25) is 9.00 Å². The summed E-state index contributed by atoms with van der Waals surface area (Å²) in [5.74, 6) is 0.0925. The van der Waals surface area contributed by atoms with E-state index in [-0.39, 0.29) is 12.5 Å². The molecule has 0 spiro atoms. The maximum atomic E-state index is 11.1. The van der Waals surface area contributed by atoms with E-state index in [1.165, 1.54) is 7.11 Å². The molecular weight excluding hydrogens is 262 g/mol. The molecule has 1 atom stereocenters. The average Bonchev–Trinajstić information content (AvgIpc) is 2.28. The zero-order valence-electron chi connectivity index (χ0n) is 9.66. The Morgan fingerprint density at radius 2 is 2.24 bits per heavy atom. The molecule has 0 saturated heterocycles. The molecule has 0 bridgehead atoms. The molecule has 17 heavy (non-hydrogen) atoms. The highest BCUT2D eigenvalue weighted by Gasteiger charge is 2.05. The van der Waals surface area contributed by atoms with Gasteiger partial charge in [0.15, 0.2) is 0 Å². The van der Waals surface area contributed by atoms with Gasteiger partial charge in [0.25, 0.3) is 0 Å². The number of hydrogen-bond donors (Lipinski definition) is 1. The molecule has 1 aromatic carbocycles. The standard InChI is InChI=1S/C11H14ClNO3S/c1-16-11(14)6-13-10-5-8(7-17(2)15)3-4-9(10)12/h3-5,13H,6-7H2,1-2H3. The fourth-order valence-corrected chi connectivity index (χ4v) is 2.11. The van der Waals surface area contributed by atoms with E-state index in [1.807, 2.05) is 6.07 Å². The molecule has 0 aliphatic rings. The lowest BCUT2D eigenvalue weighted by molar-refractivity contribution is -0.138. The second-order valence-electron chi connectivity index (χ2n) is 3.46. The van der Waals surface area contributed by atoms with Crippen LogP contribution >= 0.6 is 11.6 Å². The Bertz CT molecular complexity index is 437. The number of hydrogen-bond acceptors (Lipinski definition) is 4. The average molecular weight is 276 g/mol. The van der Waals surface area contributed by atoms with Gasteiger partial charge >= 0.3 is 5.97 Å². The van der Waals surface area contributed by atoms with E-state index in [2.05, 4.69) is 10.1 Å². The van der Waals surface area contributed by atoms with Gasteiger partial charge < -0.3 is 10.1 Å². The molecule has 0 saturated carbocycles. The molecule has 0 radical (unpaired) electrons. The van der Waals surface area contributed by atoms with E-state index >= 15 is 0 Å². The molecule has 0 amide bonds. The van der Waals surface area contributed by atoms with Crippen LogP contribution in [0.25, 0.3) is 0 Å². The first-order chi connectivity index (χ1) is 8.02. The van der Waals surface area contributed by atoms with Crippen LogP contribution in [0.3, 0.4) is 0 Å². The largest absolute Gasteiger partial charge is 0.468 e. The molecule has 1 rings (SSSR count). The molecule has 0 heterocycles. The smallest absolute Gasteiger partial charge is 0.325 e. The van der Waals surface area contributed by atoms with Crippen LogP contribution in [0.15, 0.2) is 18.2 Å². The molecule has 94 valence electrons. The van der Waals surface area contributed by atoms with Crippen LogP contribution in [-0.4, -0.2) is 30.1 Å². The van der Waals surface area contributed by atoms with E-state index in [4.69, 9.17) is 11.6 Å². The van der Waals surface area contributed by atoms with Gasteiger partial charge in [-0.25, -0.2) is 0 Å². The van der Waals surface area contributed by atoms with Crippen LogP contribution in [0, 0.1) is 0 Å². The van der Waals surface area contributed by atoms with Crippen LogP contribution in [0.1, 0.15) is 5.56 Å². The van der Waals surface area contributed by atoms with Crippen molar-refractivity contribution in [3.63, 3.8) is 0 Å². The molecule has 0 aromatic heterocycles. The maximum Gasteiger partial charge on any atom is 0.325 e. The summed E-state index contributed by atoms with van der Waals surface area (Å²) in [6, 6.07) is 5.31. The molecule has 1 N–H and O–H groups in total. The Morgan fingerprint density at radius 3 is 2.82 bits per heavy atom. The van der Waals surface area contributed by atoms with Crippen molar-refractivity contribution in [3.05, 3.63) is 28.8 Å².